The number of hydrogen-bond acceptors (Lipinski definition) is 4. The van der Waals surface area contributed by atoms with Gasteiger partial charge in [-0.3, -0.25) is 14.8 Å². The zero-order valence-electron chi connectivity index (χ0n) is 12.9. The summed E-state index contributed by atoms with van der Waals surface area (Å²) in [4.78, 5) is 16.5. The molecular formula is C15H21FN4O2. The highest BCUT2D eigenvalue weighted by molar-refractivity contribution is 5.94. The number of amides is 1. The highest BCUT2D eigenvalue weighted by atomic mass is 19.1. The Labute approximate surface area is 128 Å². The molecule has 4 rings (SSSR count). The number of carbonyl (C=O) groups is 1. The van der Waals surface area contributed by atoms with Crippen LogP contribution in [0, 0.1) is 0 Å². The third-order valence-electron chi connectivity index (χ3n) is 4.97. The molecule has 0 spiro atoms. The molecule has 22 heavy (non-hydrogen) atoms. The predicted octanol–water partition coefficient (Wildman–Crippen LogP) is 0.910. The average molecular weight is 308 g/mol. The van der Waals surface area contributed by atoms with Crippen LogP contribution >= 0.6 is 0 Å². The minimum absolute atomic E-state index is 0.0210. The highest BCUT2D eigenvalue weighted by Crippen LogP contribution is 2.31. The Morgan fingerprint density at radius 3 is 2.73 bits per heavy atom. The molecule has 2 atom stereocenters. The van der Waals surface area contributed by atoms with Crippen molar-refractivity contribution in [1.29, 1.82) is 0 Å². The molecule has 0 unspecified atom stereocenters. The maximum atomic E-state index is 12.9. The van der Waals surface area contributed by atoms with Gasteiger partial charge < -0.3 is 9.64 Å². The molecule has 6 nitrogen and oxygen atoms in total. The number of alkyl halides is 1. The summed E-state index contributed by atoms with van der Waals surface area (Å²) in [5, 5.41) is 7.19. The van der Waals surface area contributed by atoms with Crippen LogP contribution in [0.15, 0.2) is 0 Å². The van der Waals surface area contributed by atoms with Gasteiger partial charge in [-0.1, -0.05) is 0 Å². The van der Waals surface area contributed by atoms with Gasteiger partial charge in [-0.15, -0.1) is 0 Å². The zero-order chi connectivity index (χ0) is 15.4. The van der Waals surface area contributed by atoms with Gasteiger partial charge in [-0.25, -0.2) is 4.39 Å². The molecule has 0 bridgehead atoms. The van der Waals surface area contributed by atoms with Crippen molar-refractivity contribution >= 4 is 5.91 Å². The van der Waals surface area contributed by atoms with E-state index in [2.05, 4.69) is 15.1 Å². The van der Waals surface area contributed by atoms with Crippen molar-refractivity contribution in [3.63, 3.8) is 0 Å². The minimum Gasteiger partial charge on any atom is -0.369 e. The lowest BCUT2D eigenvalue weighted by Crippen LogP contribution is -2.66. The molecule has 4 heterocycles. The van der Waals surface area contributed by atoms with Crippen molar-refractivity contribution in [3.8, 4) is 0 Å². The van der Waals surface area contributed by atoms with Crippen molar-refractivity contribution < 1.29 is 13.9 Å². The lowest BCUT2D eigenvalue weighted by Gasteiger charge is -2.49. The van der Waals surface area contributed by atoms with Gasteiger partial charge in [0.2, 0.25) is 0 Å². The van der Waals surface area contributed by atoms with E-state index in [0.29, 0.717) is 44.3 Å². The Kier molecular flexibility index (Phi) is 3.23. The Hall–Kier alpha value is -1.47. The number of hydrogen-bond donors (Lipinski definition) is 1. The quantitative estimate of drug-likeness (QED) is 0.882. The van der Waals surface area contributed by atoms with Crippen LogP contribution in [0.25, 0.3) is 0 Å². The van der Waals surface area contributed by atoms with Crippen LogP contribution in [0.4, 0.5) is 4.39 Å². The van der Waals surface area contributed by atoms with Gasteiger partial charge in [0.1, 0.15) is 6.17 Å². The second-order valence-electron chi connectivity index (χ2n) is 6.67. The fourth-order valence-electron chi connectivity index (χ4n) is 3.61. The number of carbonyl (C=O) groups excluding carboxylic acids is 1. The lowest BCUT2D eigenvalue weighted by atomic mass is 9.97. The van der Waals surface area contributed by atoms with E-state index in [0.717, 1.165) is 11.3 Å². The van der Waals surface area contributed by atoms with Crippen molar-refractivity contribution in [2.45, 2.75) is 44.7 Å². The van der Waals surface area contributed by atoms with E-state index in [1.807, 2.05) is 13.8 Å². The number of ether oxygens (including phenoxy) is 1. The molecule has 7 heteroatoms. The van der Waals surface area contributed by atoms with Gasteiger partial charge >= 0.3 is 0 Å². The number of aromatic nitrogens is 2. The molecule has 0 radical (unpaired) electrons. The number of likely N-dealkylation sites (tertiary alicyclic amines) is 2. The molecule has 0 saturated carbocycles. The average Bonchev–Trinajstić information content (AvgIpc) is 2.78. The van der Waals surface area contributed by atoms with Crippen LogP contribution in [0.2, 0.25) is 0 Å². The van der Waals surface area contributed by atoms with Crippen LogP contribution in [0.1, 0.15) is 41.7 Å². The van der Waals surface area contributed by atoms with Gasteiger partial charge in [-0.2, -0.15) is 5.10 Å². The van der Waals surface area contributed by atoms with Crippen LogP contribution in [-0.4, -0.2) is 70.4 Å². The van der Waals surface area contributed by atoms with Crippen molar-refractivity contribution in [3.05, 3.63) is 17.0 Å². The largest absolute Gasteiger partial charge is 0.369 e. The van der Waals surface area contributed by atoms with Crippen molar-refractivity contribution in [1.82, 2.24) is 20.0 Å². The molecule has 0 aliphatic carbocycles. The lowest BCUT2D eigenvalue weighted by molar-refractivity contribution is -0.0328. The first-order valence-electron chi connectivity index (χ1n) is 7.93. The summed E-state index contributed by atoms with van der Waals surface area (Å²) in [6.45, 7) is 6.35. The molecule has 0 aromatic carbocycles. The third-order valence-corrected chi connectivity index (χ3v) is 4.97. The maximum absolute atomic E-state index is 12.9. The Balaban J connectivity index is 1.44. The molecule has 1 aromatic rings. The standard InChI is InChI=1S/C15H21FN4O2/c1-8-3-12-13(9(2)22-8)17-18-14(12)15(21)20-6-11(7-20)19-4-10(16)5-19/h8-11H,3-7H2,1-2H3,(H,17,18)/t8-,9+/m1/s1. The second kappa shape index (κ2) is 5.03. The van der Waals surface area contributed by atoms with E-state index in [1.54, 1.807) is 4.90 Å². The maximum Gasteiger partial charge on any atom is 0.274 e. The number of halogens is 1. The Bertz CT molecular complexity index is 592. The number of nitrogens with one attached hydrogen (secondary N) is 1. The minimum atomic E-state index is -0.689. The van der Waals surface area contributed by atoms with Crippen molar-refractivity contribution in [2.75, 3.05) is 26.2 Å². The highest BCUT2D eigenvalue weighted by Gasteiger charge is 2.42. The van der Waals surface area contributed by atoms with Crippen LogP contribution in [-0.2, 0) is 11.2 Å². The molecule has 120 valence electrons. The van der Waals surface area contributed by atoms with E-state index in [4.69, 9.17) is 4.74 Å². The van der Waals surface area contributed by atoms with Crippen LogP contribution in [0.5, 0.6) is 0 Å². The Morgan fingerprint density at radius 2 is 2.05 bits per heavy atom. The molecule has 1 aromatic heterocycles. The van der Waals surface area contributed by atoms with Crippen LogP contribution < -0.4 is 0 Å². The van der Waals surface area contributed by atoms with Gasteiger partial charge in [0, 0.05) is 44.2 Å². The van der Waals surface area contributed by atoms with E-state index < -0.39 is 6.17 Å². The van der Waals surface area contributed by atoms with Crippen LogP contribution in [0.3, 0.4) is 0 Å². The number of H-pyrrole nitrogens is 1. The molecule has 3 aliphatic rings. The van der Waals surface area contributed by atoms with Gasteiger partial charge in [-0.05, 0) is 13.8 Å². The molecule has 3 aliphatic heterocycles. The normalized spacial score (nSPS) is 29.9. The van der Waals surface area contributed by atoms with E-state index >= 15 is 0 Å². The molecule has 2 saturated heterocycles. The first-order chi connectivity index (χ1) is 10.5. The summed E-state index contributed by atoms with van der Waals surface area (Å²) in [6, 6.07) is 0.312. The number of aromatic amines is 1. The summed E-state index contributed by atoms with van der Waals surface area (Å²) in [7, 11) is 0. The predicted molar refractivity (Wildman–Crippen MR) is 77.4 cm³/mol. The number of fused-ring (bicyclic) bond motifs is 1. The molecule has 1 amide bonds. The van der Waals surface area contributed by atoms with E-state index in [9.17, 15) is 9.18 Å². The zero-order valence-corrected chi connectivity index (χ0v) is 12.9. The second-order valence-corrected chi connectivity index (χ2v) is 6.67. The Morgan fingerprint density at radius 1 is 1.32 bits per heavy atom. The topological polar surface area (TPSA) is 61.5 Å². The first-order valence-corrected chi connectivity index (χ1v) is 7.93. The summed E-state index contributed by atoms with van der Waals surface area (Å²) in [5.74, 6) is -0.0210. The molecular weight excluding hydrogens is 287 g/mol. The first kappa shape index (κ1) is 14.1. The SMILES string of the molecule is C[C@@H]1Cc2c(C(=O)N3CC(N4CC(F)C4)C3)n[nH]c2[C@H](C)O1. The van der Waals surface area contributed by atoms with Crippen molar-refractivity contribution in [2.24, 2.45) is 0 Å². The molecule has 1 N–H and O–H groups in total. The summed E-state index contributed by atoms with van der Waals surface area (Å²) in [6.07, 6.45) is 0.0634. The monoisotopic (exact) mass is 308 g/mol. The fourth-order valence-corrected chi connectivity index (χ4v) is 3.61. The van der Waals surface area contributed by atoms with Gasteiger partial charge in [0.25, 0.3) is 5.91 Å². The summed E-state index contributed by atoms with van der Waals surface area (Å²) in [5.41, 5.74) is 2.44. The van der Waals surface area contributed by atoms with Gasteiger partial charge in [0.15, 0.2) is 5.69 Å². The van der Waals surface area contributed by atoms with E-state index in [-0.39, 0.29) is 18.1 Å². The smallest absolute Gasteiger partial charge is 0.274 e. The third kappa shape index (κ3) is 2.14. The fraction of sp³-hybridized carbons (Fsp3) is 0.733. The summed E-state index contributed by atoms with van der Waals surface area (Å²) < 4.78 is 18.6. The number of nitrogens with zero attached hydrogens (tertiary/aromatic N) is 3. The summed E-state index contributed by atoms with van der Waals surface area (Å²) >= 11 is 0. The number of rotatable bonds is 2. The van der Waals surface area contributed by atoms with E-state index in [1.165, 1.54) is 0 Å². The molecule has 2 fully saturated rings. The van der Waals surface area contributed by atoms with Gasteiger partial charge in [0.05, 0.1) is 17.9 Å².